The molecule has 2 N–H and O–H groups in total. The Kier molecular flexibility index (Phi) is 7.62. The van der Waals surface area contributed by atoms with Crippen LogP contribution in [0.3, 0.4) is 0 Å². The van der Waals surface area contributed by atoms with Gasteiger partial charge in [0.1, 0.15) is 5.82 Å². The van der Waals surface area contributed by atoms with Gasteiger partial charge in [-0.05, 0) is 37.0 Å². The first-order valence-electron chi connectivity index (χ1n) is 9.46. The summed E-state index contributed by atoms with van der Waals surface area (Å²) in [5.41, 5.74) is 0.933. The van der Waals surface area contributed by atoms with Crippen molar-refractivity contribution in [3.8, 4) is 0 Å². The van der Waals surface area contributed by atoms with Crippen molar-refractivity contribution in [3.63, 3.8) is 0 Å². The lowest BCUT2D eigenvalue weighted by atomic mass is 9.84. The molecule has 3 atom stereocenters. The van der Waals surface area contributed by atoms with Crippen LogP contribution in [0.1, 0.15) is 52.0 Å². The summed E-state index contributed by atoms with van der Waals surface area (Å²) in [6.45, 7) is 6.93. The minimum absolute atomic E-state index is 0.149. The van der Waals surface area contributed by atoms with E-state index in [0.29, 0.717) is 17.8 Å². The summed E-state index contributed by atoms with van der Waals surface area (Å²) in [5, 5.41) is 7.18. The van der Waals surface area contributed by atoms with Gasteiger partial charge in [-0.3, -0.25) is 9.20 Å². The highest BCUT2D eigenvalue weighted by atomic mass is 32.2. The molecular formula is C20H32FN3OS. The quantitative estimate of drug-likeness (QED) is 0.587. The largest absolute Gasteiger partial charge is 0.356 e. The zero-order valence-corrected chi connectivity index (χ0v) is 17.2. The minimum Gasteiger partial charge on any atom is -0.356 e. The van der Waals surface area contributed by atoms with Gasteiger partial charge in [0.25, 0.3) is 0 Å². The number of guanidine groups is 1. The van der Waals surface area contributed by atoms with E-state index in [4.69, 9.17) is 0 Å². The Morgan fingerprint density at radius 2 is 2.00 bits per heavy atom. The predicted octanol–water partition coefficient (Wildman–Crippen LogP) is 3.35. The van der Waals surface area contributed by atoms with Crippen molar-refractivity contribution in [1.82, 2.24) is 10.6 Å². The predicted molar refractivity (Wildman–Crippen MR) is 109 cm³/mol. The third kappa shape index (κ3) is 5.79. The lowest BCUT2D eigenvalue weighted by Crippen LogP contribution is -2.49. The van der Waals surface area contributed by atoms with Crippen LogP contribution < -0.4 is 10.6 Å². The zero-order chi connectivity index (χ0) is 19.2. The van der Waals surface area contributed by atoms with Crippen LogP contribution in [0, 0.1) is 5.82 Å². The molecule has 0 spiro atoms. The maximum atomic E-state index is 13.2. The summed E-state index contributed by atoms with van der Waals surface area (Å²) in [6.07, 6.45) is 4.18. The summed E-state index contributed by atoms with van der Waals surface area (Å²) in [7, 11) is 1.04. The van der Waals surface area contributed by atoms with Gasteiger partial charge in [-0.25, -0.2) is 4.39 Å². The fourth-order valence-corrected chi connectivity index (χ4v) is 4.79. The summed E-state index contributed by atoms with van der Waals surface area (Å²) >= 11 is 0. The number of nitrogens with zero attached hydrogens (tertiary/aromatic N) is 1. The molecule has 1 aromatic rings. The molecule has 3 unspecified atom stereocenters. The second-order valence-electron chi connectivity index (χ2n) is 7.62. The Bertz CT molecular complexity index is 630. The maximum Gasteiger partial charge on any atom is 0.191 e. The van der Waals surface area contributed by atoms with E-state index in [9.17, 15) is 8.60 Å². The Morgan fingerprint density at radius 3 is 2.62 bits per heavy atom. The summed E-state index contributed by atoms with van der Waals surface area (Å²) in [6, 6.07) is 6.97. The first-order valence-corrected chi connectivity index (χ1v) is 10.8. The smallest absolute Gasteiger partial charge is 0.191 e. The van der Waals surface area contributed by atoms with Crippen LogP contribution >= 0.6 is 0 Å². The Balaban J connectivity index is 1.91. The molecular weight excluding hydrogens is 349 g/mol. The Hall–Kier alpha value is -1.43. The molecule has 1 fully saturated rings. The Morgan fingerprint density at radius 1 is 1.31 bits per heavy atom. The van der Waals surface area contributed by atoms with Gasteiger partial charge < -0.3 is 10.6 Å². The lowest BCUT2D eigenvalue weighted by molar-refractivity contribution is 0.410. The third-order valence-corrected chi connectivity index (χ3v) is 6.91. The molecule has 2 rings (SSSR count). The van der Waals surface area contributed by atoms with Crippen molar-refractivity contribution in [1.29, 1.82) is 0 Å². The van der Waals surface area contributed by atoms with Crippen LogP contribution in [0.2, 0.25) is 0 Å². The van der Waals surface area contributed by atoms with E-state index in [1.54, 1.807) is 7.05 Å². The van der Waals surface area contributed by atoms with Crippen LogP contribution in [0.25, 0.3) is 0 Å². The van der Waals surface area contributed by atoms with E-state index in [2.05, 4.69) is 29.5 Å². The lowest BCUT2D eigenvalue weighted by Gasteiger charge is -2.31. The Labute approximate surface area is 159 Å². The van der Waals surface area contributed by atoms with E-state index in [-0.39, 0.29) is 11.2 Å². The molecule has 26 heavy (non-hydrogen) atoms. The number of hydrogen-bond acceptors (Lipinski definition) is 2. The topological polar surface area (TPSA) is 53.5 Å². The van der Waals surface area contributed by atoms with Gasteiger partial charge in [-0.1, -0.05) is 39.3 Å². The second-order valence-corrected chi connectivity index (χ2v) is 9.62. The summed E-state index contributed by atoms with van der Waals surface area (Å²) in [5.74, 6) is 1.29. The number of hydrogen-bond donors (Lipinski definition) is 2. The van der Waals surface area contributed by atoms with E-state index in [1.807, 2.05) is 19.1 Å². The van der Waals surface area contributed by atoms with Gasteiger partial charge in [0.2, 0.25) is 0 Å². The molecule has 1 aliphatic carbocycles. The van der Waals surface area contributed by atoms with Gasteiger partial charge in [0.05, 0.1) is 0 Å². The molecule has 0 heterocycles. The number of nitrogens with one attached hydrogen (secondary N) is 2. The number of rotatable bonds is 6. The molecule has 0 saturated heterocycles. The molecule has 0 aliphatic heterocycles. The standard InChI is InChI=1S/C20H32FN3OS/c1-5-26(25)18-8-6-7-17(13-18)24-19(22-4)23-14-20(2,3)15-9-11-16(21)12-10-15/h9-12,17-18H,5-8,13-14H2,1-4H3,(H2,22,23,24). The van der Waals surface area contributed by atoms with Crippen LogP contribution in [-0.2, 0) is 16.2 Å². The second kappa shape index (κ2) is 9.49. The van der Waals surface area contributed by atoms with Crippen molar-refractivity contribution in [2.45, 2.75) is 63.2 Å². The zero-order valence-electron chi connectivity index (χ0n) is 16.3. The number of aliphatic imine (C=N–C) groups is 1. The third-order valence-electron chi connectivity index (χ3n) is 5.17. The van der Waals surface area contributed by atoms with Crippen LogP contribution in [0.15, 0.2) is 29.3 Å². The molecule has 1 aromatic carbocycles. The molecule has 0 radical (unpaired) electrons. The van der Waals surface area contributed by atoms with Crippen LogP contribution in [0.4, 0.5) is 4.39 Å². The molecule has 1 aliphatic rings. The van der Waals surface area contributed by atoms with Crippen molar-refractivity contribution in [2.75, 3.05) is 19.3 Å². The number of halogens is 1. The molecule has 0 amide bonds. The SMILES string of the molecule is CCS(=O)C1CCCC(NC(=NC)NCC(C)(C)c2ccc(F)cc2)C1. The average Bonchev–Trinajstić information content (AvgIpc) is 2.65. The summed E-state index contributed by atoms with van der Waals surface area (Å²) in [4.78, 5) is 4.34. The van der Waals surface area contributed by atoms with Crippen LogP contribution in [-0.4, -0.2) is 40.8 Å². The first kappa shape index (κ1) is 20.9. The number of benzene rings is 1. The van der Waals surface area contributed by atoms with E-state index < -0.39 is 10.8 Å². The molecule has 4 nitrogen and oxygen atoms in total. The fraction of sp³-hybridized carbons (Fsp3) is 0.650. The maximum absolute atomic E-state index is 13.2. The van der Waals surface area contributed by atoms with Crippen molar-refractivity contribution in [3.05, 3.63) is 35.6 Å². The first-order chi connectivity index (χ1) is 12.4. The fourth-order valence-electron chi connectivity index (χ4n) is 3.45. The highest BCUT2D eigenvalue weighted by Gasteiger charge is 2.27. The van der Waals surface area contributed by atoms with E-state index in [1.165, 1.54) is 12.1 Å². The molecule has 146 valence electrons. The van der Waals surface area contributed by atoms with Gasteiger partial charge in [-0.15, -0.1) is 0 Å². The van der Waals surface area contributed by atoms with Crippen molar-refractivity contribution >= 4 is 16.8 Å². The highest BCUT2D eigenvalue weighted by Crippen LogP contribution is 2.24. The van der Waals surface area contributed by atoms with Crippen molar-refractivity contribution in [2.24, 2.45) is 4.99 Å². The molecule has 0 bridgehead atoms. The minimum atomic E-state index is -0.727. The van der Waals surface area contributed by atoms with Crippen molar-refractivity contribution < 1.29 is 8.60 Å². The highest BCUT2D eigenvalue weighted by molar-refractivity contribution is 7.85. The average molecular weight is 382 g/mol. The van der Waals surface area contributed by atoms with Gasteiger partial charge in [-0.2, -0.15) is 0 Å². The van der Waals surface area contributed by atoms with Gasteiger partial charge in [0.15, 0.2) is 5.96 Å². The molecule has 0 aromatic heterocycles. The summed E-state index contributed by atoms with van der Waals surface area (Å²) < 4.78 is 25.3. The van der Waals surface area contributed by atoms with E-state index in [0.717, 1.165) is 43.0 Å². The van der Waals surface area contributed by atoms with Gasteiger partial charge in [0, 0.05) is 46.9 Å². The van der Waals surface area contributed by atoms with Crippen LogP contribution in [0.5, 0.6) is 0 Å². The molecule has 1 saturated carbocycles. The van der Waals surface area contributed by atoms with E-state index >= 15 is 0 Å². The molecule has 6 heteroatoms. The normalized spacial score (nSPS) is 22.7. The monoisotopic (exact) mass is 381 g/mol. The van der Waals surface area contributed by atoms with Gasteiger partial charge >= 0.3 is 0 Å².